The van der Waals surface area contributed by atoms with E-state index in [9.17, 15) is 13.2 Å². The summed E-state index contributed by atoms with van der Waals surface area (Å²) in [6, 6.07) is 4.27. The van der Waals surface area contributed by atoms with Crippen LogP contribution in [0.3, 0.4) is 0 Å². The smallest absolute Gasteiger partial charge is 0.335 e. The summed E-state index contributed by atoms with van der Waals surface area (Å²) in [5, 5.41) is 8.83. The molecule has 0 aliphatic rings. The van der Waals surface area contributed by atoms with E-state index in [1.54, 1.807) is 0 Å². The van der Waals surface area contributed by atoms with Crippen LogP contribution in [-0.2, 0) is 9.84 Å². The van der Waals surface area contributed by atoms with Crippen molar-refractivity contribution < 1.29 is 18.3 Å². The van der Waals surface area contributed by atoms with Crippen molar-refractivity contribution in [1.82, 2.24) is 0 Å². The molecule has 0 saturated carbocycles. The maximum atomic E-state index is 11.6. The fourth-order valence-corrected chi connectivity index (χ4v) is 2.51. The van der Waals surface area contributed by atoms with Crippen molar-refractivity contribution >= 4 is 15.8 Å². The van der Waals surface area contributed by atoms with Crippen LogP contribution >= 0.6 is 0 Å². The van der Waals surface area contributed by atoms with Crippen LogP contribution in [0.1, 0.15) is 22.8 Å². The van der Waals surface area contributed by atoms with E-state index in [1.807, 2.05) is 0 Å². The first kappa shape index (κ1) is 11.7. The third kappa shape index (κ3) is 2.18. The molecule has 0 fully saturated rings. The summed E-state index contributed by atoms with van der Waals surface area (Å²) in [5.74, 6) is -1.14. The topological polar surface area (TPSA) is 71.4 Å². The molecule has 0 unspecified atom stereocenters. The quantitative estimate of drug-likeness (QED) is 0.850. The van der Waals surface area contributed by atoms with E-state index in [0.29, 0.717) is 5.56 Å². The van der Waals surface area contributed by atoms with Gasteiger partial charge in [-0.2, -0.15) is 0 Å². The SMILES string of the molecule is CCS(=O)(=O)c1cccc(C(=O)O)c1C. The normalized spacial score (nSPS) is 11.3. The molecule has 0 spiro atoms. The highest BCUT2D eigenvalue weighted by molar-refractivity contribution is 7.91. The lowest BCUT2D eigenvalue weighted by molar-refractivity contribution is 0.0696. The van der Waals surface area contributed by atoms with Crippen molar-refractivity contribution in [3.05, 3.63) is 29.3 Å². The van der Waals surface area contributed by atoms with E-state index in [2.05, 4.69) is 0 Å². The number of carboxylic acid groups (broad SMARTS) is 1. The van der Waals surface area contributed by atoms with Gasteiger partial charge in [0.2, 0.25) is 0 Å². The Bertz CT molecular complexity index is 488. The summed E-state index contributed by atoms with van der Waals surface area (Å²) in [5.41, 5.74) is 0.330. The number of hydrogen-bond donors (Lipinski definition) is 1. The standard InChI is InChI=1S/C10H12O4S/c1-3-15(13,14)9-6-4-5-8(7(9)2)10(11)12/h4-6H,3H2,1-2H3,(H,11,12). The number of aromatic carboxylic acids is 1. The molecule has 0 heterocycles. The number of rotatable bonds is 3. The van der Waals surface area contributed by atoms with Crippen LogP contribution in [0, 0.1) is 6.92 Å². The average molecular weight is 228 g/mol. The molecular formula is C10H12O4S. The lowest BCUT2D eigenvalue weighted by Gasteiger charge is -2.07. The first-order valence-corrected chi connectivity index (χ1v) is 6.11. The number of carbonyl (C=O) groups is 1. The third-order valence-electron chi connectivity index (χ3n) is 2.23. The summed E-state index contributed by atoms with van der Waals surface area (Å²) < 4.78 is 23.2. The number of sulfone groups is 1. The van der Waals surface area contributed by atoms with Crippen LogP contribution in [0.2, 0.25) is 0 Å². The molecular weight excluding hydrogens is 216 g/mol. The van der Waals surface area contributed by atoms with Crippen LogP contribution in [-0.4, -0.2) is 25.2 Å². The van der Waals surface area contributed by atoms with Gasteiger partial charge in [0, 0.05) is 0 Å². The zero-order valence-electron chi connectivity index (χ0n) is 8.52. The van der Waals surface area contributed by atoms with Crippen molar-refractivity contribution in [2.45, 2.75) is 18.7 Å². The van der Waals surface area contributed by atoms with Gasteiger partial charge in [-0.25, -0.2) is 13.2 Å². The average Bonchev–Trinajstić information content (AvgIpc) is 2.17. The van der Waals surface area contributed by atoms with Crippen LogP contribution in [0.5, 0.6) is 0 Å². The lowest BCUT2D eigenvalue weighted by atomic mass is 10.1. The van der Waals surface area contributed by atoms with E-state index in [-0.39, 0.29) is 16.2 Å². The van der Waals surface area contributed by atoms with Gasteiger partial charge in [0.15, 0.2) is 9.84 Å². The Balaban J connectivity index is 3.47. The van der Waals surface area contributed by atoms with Crippen molar-refractivity contribution in [2.75, 3.05) is 5.75 Å². The zero-order chi connectivity index (χ0) is 11.6. The molecule has 0 aliphatic heterocycles. The Morgan fingerprint density at radius 3 is 2.47 bits per heavy atom. The Labute approximate surface area is 88.5 Å². The molecule has 0 bridgehead atoms. The highest BCUT2D eigenvalue weighted by Gasteiger charge is 2.18. The second kappa shape index (κ2) is 4.02. The molecule has 0 radical (unpaired) electrons. The summed E-state index contributed by atoms with van der Waals surface area (Å²) in [7, 11) is -3.35. The van der Waals surface area contributed by atoms with Gasteiger partial charge in [-0.05, 0) is 24.6 Å². The van der Waals surface area contributed by atoms with Gasteiger partial charge in [-0.15, -0.1) is 0 Å². The Morgan fingerprint density at radius 1 is 1.40 bits per heavy atom. The fraction of sp³-hybridized carbons (Fsp3) is 0.300. The highest BCUT2D eigenvalue weighted by atomic mass is 32.2. The summed E-state index contributed by atoms with van der Waals surface area (Å²) in [4.78, 5) is 10.9. The molecule has 0 atom stereocenters. The van der Waals surface area contributed by atoms with Gasteiger partial charge < -0.3 is 5.11 Å². The number of hydrogen-bond acceptors (Lipinski definition) is 3. The zero-order valence-corrected chi connectivity index (χ0v) is 9.34. The summed E-state index contributed by atoms with van der Waals surface area (Å²) in [6.45, 7) is 3.04. The van der Waals surface area contributed by atoms with Crippen LogP contribution in [0.4, 0.5) is 0 Å². The molecule has 0 aromatic heterocycles. The van der Waals surface area contributed by atoms with Crippen molar-refractivity contribution in [3.8, 4) is 0 Å². The van der Waals surface area contributed by atoms with Crippen LogP contribution < -0.4 is 0 Å². The van der Waals surface area contributed by atoms with E-state index in [0.717, 1.165) is 0 Å². The molecule has 4 nitrogen and oxygen atoms in total. The van der Waals surface area contributed by atoms with Gasteiger partial charge in [-0.1, -0.05) is 13.0 Å². The van der Waals surface area contributed by atoms with Gasteiger partial charge in [0.05, 0.1) is 16.2 Å². The van der Waals surface area contributed by atoms with E-state index in [4.69, 9.17) is 5.11 Å². The van der Waals surface area contributed by atoms with Crippen molar-refractivity contribution in [3.63, 3.8) is 0 Å². The number of carboxylic acids is 1. The lowest BCUT2D eigenvalue weighted by Crippen LogP contribution is -2.09. The van der Waals surface area contributed by atoms with Gasteiger partial charge >= 0.3 is 5.97 Å². The Kier molecular flexibility index (Phi) is 3.14. The third-order valence-corrected chi connectivity index (χ3v) is 4.10. The minimum absolute atomic E-state index is 0.0308. The Hall–Kier alpha value is -1.36. The van der Waals surface area contributed by atoms with Crippen LogP contribution in [0.15, 0.2) is 23.1 Å². The molecule has 1 aromatic rings. The van der Waals surface area contributed by atoms with E-state index in [1.165, 1.54) is 32.0 Å². The first-order valence-electron chi connectivity index (χ1n) is 4.45. The molecule has 82 valence electrons. The minimum Gasteiger partial charge on any atom is -0.478 e. The summed E-state index contributed by atoms with van der Waals surface area (Å²) >= 11 is 0. The van der Waals surface area contributed by atoms with Crippen molar-refractivity contribution in [2.24, 2.45) is 0 Å². The number of benzene rings is 1. The predicted octanol–water partition coefficient (Wildman–Crippen LogP) is 1.49. The fourth-order valence-electron chi connectivity index (χ4n) is 1.34. The molecule has 1 rings (SSSR count). The first-order chi connectivity index (χ1) is 6.90. The highest BCUT2D eigenvalue weighted by Crippen LogP contribution is 2.19. The van der Waals surface area contributed by atoms with Crippen molar-refractivity contribution in [1.29, 1.82) is 0 Å². The molecule has 1 N–H and O–H groups in total. The van der Waals surface area contributed by atoms with Gasteiger partial charge in [-0.3, -0.25) is 0 Å². The summed E-state index contributed by atoms with van der Waals surface area (Å²) in [6.07, 6.45) is 0. The monoisotopic (exact) mass is 228 g/mol. The molecule has 0 amide bonds. The molecule has 0 saturated heterocycles. The molecule has 5 heteroatoms. The maximum Gasteiger partial charge on any atom is 0.335 e. The second-order valence-corrected chi connectivity index (χ2v) is 5.38. The molecule has 15 heavy (non-hydrogen) atoms. The minimum atomic E-state index is -3.35. The molecule has 0 aliphatic carbocycles. The maximum absolute atomic E-state index is 11.6. The van der Waals surface area contributed by atoms with E-state index < -0.39 is 15.8 Å². The Morgan fingerprint density at radius 2 is 2.00 bits per heavy atom. The van der Waals surface area contributed by atoms with Crippen LogP contribution in [0.25, 0.3) is 0 Å². The largest absolute Gasteiger partial charge is 0.478 e. The van der Waals surface area contributed by atoms with Gasteiger partial charge in [0.25, 0.3) is 0 Å². The predicted molar refractivity (Wildman–Crippen MR) is 55.9 cm³/mol. The van der Waals surface area contributed by atoms with Gasteiger partial charge in [0.1, 0.15) is 0 Å². The second-order valence-electron chi connectivity index (χ2n) is 3.14. The van der Waals surface area contributed by atoms with E-state index >= 15 is 0 Å². The molecule has 1 aromatic carbocycles.